The molecule has 2 aliphatic rings. The number of carbonyl (C=O) groups excluding carboxylic acids is 2. The summed E-state index contributed by atoms with van der Waals surface area (Å²) in [7, 11) is 0. The number of rotatable bonds is 7. The highest BCUT2D eigenvalue weighted by Gasteiger charge is 2.55. The van der Waals surface area contributed by atoms with Crippen molar-refractivity contribution in [2.45, 2.75) is 43.7 Å². The second kappa shape index (κ2) is 8.43. The summed E-state index contributed by atoms with van der Waals surface area (Å²) in [4.78, 5) is 27.7. The molecule has 0 spiro atoms. The van der Waals surface area contributed by atoms with Gasteiger partial charge in [-0.15, -0.1) is 0 Å². The molecule has 2 aliphatic heterocycles. The third kappa shape index (κ3) is 3.90. The van der Waals surface area contributed by atoms with Crippen LogP contribution in [0.15, 0.2) is 77.4 Å². The van der Waals surface area contributed by atoms with Crippen molar-refractivity contribution in [2.24, 2.45) is 11.7 Å². The topological polar surface area (TPSA) is 85.8 Å². The molecule has 3 aromatic rings. The predicted molar refractivity (Wildman–Crippen MR) is 123 cm³/mol. The number of piperidine rings is 1. The number of furan rings is 1. The zero-order valence-electron chi connectivity index (χ0n) is 18.6. The molecule has 5 rings (SSSR count). The van der Waals surface area contributed by atoms with E-state index >= 15 is 0 Å². The van der Waals surface area contributed by atoms with Crippen LogP contribution in [-0.2, 0) is 16.0 Å². The Kier molecular flexibility index (Phi) is 5.44. The van der Waals surface area contributed by atoms with E-state index in [0.29, 0.717) is 25.1 Å². The molecule has 170 valence electrons. The van der Waals surface area contributed by atoms with Crippen molar-refractivity contribution >= 4 is 11.8 Å². The van der Waals surface area contributed by atoms with Crippen molar-refractivity contribution < 1.29 is 18.7 Å². The van der Waals surface area contributed by atoms with Crippen molar-refractivity contribution in [3.63, 3.8) is 0 Å². The first-order valence-electron chi connectivity index (χ1n) is 11.4. The lowest BCUT2D eigenvalue weighted by Crippen LogP contribution is -2.64. The standard InChI is InChI=1S/C27H28N2O4/c1-27-17-21(20-10-5-6-11-23(20)33-27)24(25(28)30)26(31)29(27)14-13-19(22-12-7-15-32-22)16-18-8-3-2-4-9-18/h2-12,15,19,21,24H,13-14,16-17H2,1H3,(H2,28,30)/t19-,21+,24+,27+/m1/s1. The lowest BCUT2D eigenvalue weighted by Gasteiger charge is -2.52. The number of benzene rings is 2. The number of likely N-dealkylation sites (tertiary alicyclic amines) is 1. The summed E-state index contributed by atoms with van der Waals surface area (Å²) >= 11 is 0. The van der Waals surface area contributed by atoms with Crippen LogP contribution >= 0.6 is 0 Å². The van der Waals surface area contributed by atoms with Crippen LogP contribution < -0.4 is 10.5 Å². The second-order valence-electron chi connectivity index (χ2n) is 9.19. The summed E-state index contributed by atoms with van der Waals surface area (Å²) in [5.74, 6) is -0.320. The quantitative estimate of drug-likeness (QED) is 0.553. The fraction of sp³-hybridized carbons (Fsp3) is 0.333. The normalized spacial score (nSPS) is 24.6. The van der Waals surface area contributed by atoms with E-state index in [2.05, 4.69) is 12.1 Å². The molecule has 2 aromatic carbocycles. The van der Waals surface area contributed by atoms with Crippen LogP contribution in [0.1, 0.15) is 48.5 Å². The van der Waals surface area contributed by atoms with Gasteiger partial charge in [0.05, 0.1) is 6.26 Å². The third-order valence-electron chi connectivity index (χ3n) is 7.03. The Morgan fingerprint density at radius 3 is 2.61 bits per heavy atom. The minimum Gasteiger partial charge on any atom is -0.469 e. The molecule has 0 saturated carbocycles. The highest BCUT2D eigenvalue weighted by atomic mass is 16.5. The zero-order chi connectivity index (χ0) is 23.0. The number of nitrogens with two attached hydrogens (primary N) is 1. The number of para-hydroxylation sites is 1. The number of fused-ring (bicyclic) bond motifs is 4. The molecular weight excluding hydrogens is 416 g/mol. The summed E-state index contributed by atoms with van der Waals surface area (Å²) < 4.78 is 12.1. The molecule has 2 amide bonds. The summed E-state index contributed by atoms with van der Waals surface area (Å²) in [5, 5.41) is 0. The highest BCUT2D eigenvalue weighted by Crippen LogP contribution is 2.50. The van der Waals surface area contributed by atoms with E-state index in [4.69, 9.17) is 14.9 Å². The molecule has 0 radical (unpaired) electrons. The average Bonchev–Trinajstić information content (AvgIpc) is 3.33. The van der Waals surface area contributed by atoms with Crippen LogP contribution in [0.3, 0.4) is 0 Å². The molecule has 3 heterocycles. The summed E-state index contributed by atoms with van der Waals surface area (Å²) in [6.07, 6.45) is 3.67. The van der Waals surface area contributed by atoms with Crippen LogP contribution in [0, 0.1) is 5.92 Å². The molecule has 2 bridgehead atoms. The fourth-order valence-electron chi connectivity index (χ4n) is 5.43. The fourth-order valence-corrected chi connectivity index (χ4v) is 5.43. The smallest absolute Gasteiger partial charge is 0.238 e. The minimum atomic E-state index is -0.890. The predicted octanol–water partition coefficient (Wildman–Crippen LogP) is 4.22. The number of hydrogen-bond donors (Lipinski definition) is 1. The Hall–Kier alpha value is -3.54. The molecule has 1 fully saturated rings. The van der Waals surface area contributed by atoms with Gasteiger partial charge in [-0.2, -0.15) is 0 Å². The first-order chi connectivity index (χ1) is 16.0. The Bertz CT molecular complexity index is 1140. The molecule has 1 saturated heterocycles. The maximum Gasteiger partial charge on any atom is 0.238 e. The van der Waals surface area contributed by atoms with E-state index in [1.54, 1.807) is 11.2 Å². The lowest BCUT2D eigenvalue weighted by atomic mass is 9.73. The summed E-state index contributed by atoms with van der Waals surface area (Å²) in [6, 6.07) is 21.7. The molecule has 4 atom stereocenters. The van der Waals surface area contributed by atoms with Gasteiger partial charge >= 0.3 is 0 Å². The lowest BCUT2D eigenvalue weighted by molar-refractivity contribution is -0.175. The maximum atomic E-state index is 13.6. The van der Waals surface area contributed by atoms with Gasteiger partial charge in [0.1, 0.15) is 17.4 Å². The Labute approximate surface area is 193 Å². The van der Waals surface area contributed by atoms with Crippen LogP contribution in [0.4, 0.5) is 0 Å². The second-order valence-corrected chi connectivity index (χ2v) is 9.19. The largest absolute Gasteiger partial charge is 0.469 e. The van der Waals surface area contributed by atoms with Crippen LogP contribution in [0.2, 0.25) is 0 Å². The third-order valence-corrected chi connectivity index (χ3v) is 7.03. The van der Waals surface area contributed by atoms with E-state index < -0.39 is 17.6 Å². The Morgan fingerprint density at radius 2 is 1.88 bits per heavy atom. The average molecular weight is 445 g/mol. The molecule has 2 N–H and O–H groups in total. The van der Waals surface area contributed by atoms with Gasteiger partial charge in [0.15, 0.2) is 5.72 Å². The van der Waals surface area contributed by atoms with Crippen LogP contribution in [0.25, 0.3) is 0 Å². The number of amides is 2. The van der Waals surface area contributed by atoms with Gasteiger partial charge in [-0.05, 0) is 49.1 Å². The number of ether oxygens (including phenoxy) is 1. The SMILES string of the molecule is C[C@@]12C[C@@H](c3ccccc3O1)[C@@H](C(N)=O)C(=O)N2CC[C@H](Cc1ccccc1)c1ccco1. The van der Waals surface area contributed by atoms with Crippen molar-refractivity contribution in [1.29, 1.82) is 0 Å². The van der Waals surface area contributed by atoms with Gasteiger partial charge in [-0.25, -0.2) is 0 Å². The minimum absolute atomic E-state index is 0.0828. The number of nitrogens with zero attached hydrogens (tertiary/aromatic N) is 1. The van der Waals surface area contributed by atoms with E-state index in [1.165, 1.54) is 5.56 Å². The molecule has 6 nitrogen and oxygen atoms in total. The molecule has 1 aromatic heterocycles. The summed E-state index contributed by atoms with van der Waals surface area (Å²) in [5.41, 5.74) is 7.00. The zero-order valence-corrected chi connectivity index (χ0v) is 18.6. The van der Waals surface area contributed by atoms with E-state index in [0.717, 1.165) is 17.7 Å². The molecule has 0 unspecified atom stereocenters. The van der Waals surface area contributed by atoms with Gasteiger partial charge in [-0.1, -0.05) is 48.5 Å². The van der Waals surface area contributed by atoms with Crippen molar-refractivity contribution in [1.82, 2.24) is 4.90 Å². The van der Waals surface area contributed by atoms with Gasteiger partial charge in [-0.3, -0.25) is 9.59 Å². The maximum absolute atomic E-state index is 13.6. The first-order valence-corrected chi connectivity index (χ1v) is 11.4. The van der Waals surface area contributed by atoms with Gasteiger partial charge in [0.2, 0.25) is 11.8 Å². The number of carbonyl (C=O) groups is 2. The summed E-state index contributed by atoms with van der Waals surface area (Å²) in [6.45, 7) is 2.37. The number of hydrogen-bond acceptors (Lipinski definition) is 4. The van der Waals surface area contributed by atoms with Crippen molar-refractivity contribution in [2.75, 3.05) is 6.54 Å². The van der Waals surface area contributed by atoms with E-state index in [9.17, 15) is 9.59 Å². The molecule has 33 heavy (non-hydrogen) atoms. The van der Waals surface area contributed by atoms with Crippen molar-refractivity contribution in [3.8, 4) is 5.75 Å². The van der Waals surface area contributed by atoms with Gasteiger partial charge in [0, 0.05) is 24.8 Å². The van der Waals surface area contributed by atoms with E-state index in [1.807, 2.05) is 61.5 Å². The Morgan fingerprint density at radius 1 is 1.12 bits per heavy atom. The molecular formula is C27H28N2O4. The first kappa shape index (κ1) is 21.3. The van der Waals surface area contributed by atoms with Gasteiger partial charge < -0.3 is 19.8 Å². The molecule has 0 aliphatic carbocycles. The highest BCUT2D eigenvalue weighted by molar-refractivity contribution is 6.01. The van der Waals surface area contributed by atoms with Crippen molar-refractivity contribution in [3.05, 3.63) is 89.9 Å². The van der Waals surface area contributed by atoms with Crippen LogP contribution in [-0.4, -0.2) is 29.0 Å². The Balaban J connectivity index is 1.43. The monoisotopic (exact) mass is 444 g/mol. The van der Waals surface area contributed by atoms with Crippen LogP contribution in [0.5, 0.6) is 5.75 Å². The van der Waals surface area contributed by atoms with Gasteiger partial charge in [0.25, 0.3) is 0 Å². The number of primary amides is 1. The molecule has 6 heteroatoms. The van der Waals surface area contributed by atoms with E-state index in [-0.39, 0.29) is 17.7 Å².